The molecule has 7 heteroatoms. The number of nitrogens with one attached hydrogen (secondary N) is 1. The largest absolute Gasteiger partial charge is 0.382 e. The average molecular weight is 326 g/mol. The lowest BCUT2D eigenvalue weighted by Gasteiger charge is -2.10. The van der Waals surface area contributed by atoms with Gasteiger partial charge in [0.25, 0.3) is 0 Å². The second-order valence-corrected chi connectivity index (χ2v) is 6.53. The van der Waals surface area contributed by atoms with Crippen LogP contribution in [0.4, 0.5) is 0 Å². The summed E-state index contributed by atoms with van der Waals surface area (Å²) in [5, 5.41) is 0.563. The lowest BCUT2D eigenvalue weighted by atomic mass is 10.2. The molecule has 108 valence electrons. The lowest BCUT2D eigenvalue weighted by Crippen LogP contribution is -2.26. The van der Waals surface area contributed by atoms with Crippen LogP contribution in [-0.4, -0.2) is 28.2 Å². The van der Waals surface area contributed by atoms with Crippen LogP contribution in [0.15, 0.2) is 17.0 Å². The van der Waals surface area contributed by atoms with E-state index in [1.54, 1.807) is 6.92 Å². The van der Waals surface area contributed by atoms with Crippen LogP contribution >= 0.6 is 23.2 Å². The van der Waals surface area contributed by atoms with Gasteiger partial charge in [-0.3, -0.25) is 0 Å². The van der Waals surface area contributed by atoms with E-state index in [1.165, 1.54) is 12.1 Å². The van der Waals surface area contributed by atoms with E-state index < -0.39 is 10.0 Å². The molecule has 1 rings (SSSR count). The first kappa shape index (κ1) is 16.7. The summed E-state index contributed by atoms with van der Waals surface area (Å²) in [5.74, 6) is 0. The number of hydrogen-bond donors (Lipinski definition) is 1. The van der Waals surface area contributed by atoms with Crippen LogP contribution in [-0.2, 0) is 14.8 Å². The Hall–Kier alpha value is -0.330. The molecular weight excluding hydrogens is 309 g/mol. The van der Waals surface area contributed by atoms with E-state index in [1.807, 2.05) is 6.92 Å². The molecule has 4 nitrogen and oxygen atoms in total. The Morgan fingerprint density at radius 1 is 1.26 bits per heavy atom. The number of hydrogen-bond acceptors (Lipinski definition) is 3. The maximum atomic E-state index is 12.1. The summed E-state index contributed by atoms with van der Waals surface area (Å²) in [5.41, 5.74) is 0.667. The van der Waals surface area contributed by atoms with E-state index in [0.717, 1.165) is 0 Å². The van der Waals surface area contributed by atoms with Crippen LogP contribution in [0.2, 0.25) is 10.0 Å². The van der Waals surface area contributed by atoms with Crippen molar-refractivity contribution in [3.63, 3.8) is 0 Å². The summed E-state index contributed by atoms with van der Waals surface area (Å²) in [7, 11) is -3.61. The molecule has 0 saturated carbocycles. The number of rotatable bonds is 7. The summed E-state index contributed by atoms with van der Waals surface area (Å²) in [6.07, 6.45) is 0.608. The van der Waals surface area contributed by atoms with Gasteiger partial charge in [-0.1, -0.05) is 23.2 Å². The second-order valence-electron chi connectivity index (χ2n) is 3.98. The average Bonchev–Trinajstić information content (AvgIpc) is 2.33. The number of aryl methyl sites for hydroxylation is 1. The van der Waals surface area contributed by atoms with Gasteiger partial charge in [0.15, 0.2) is 0 Å². The fraction of sp³-hybridized carbons (Fsp3) is 0.500. The number of sulfonamides is 1. The third-order valence-corrected chi connectivity index (χ3v) is 4.80. The Balaban J connectivity index is 2.75. The van der Waals surface area contributed by atoms with Gasteiger partial charge in [0.05, 0.1) is 5.02 Å². The summed E-state index contributed by atoms with van der Waals surface area (Å²) in [6, 6.07) is 2.91. The molecule has 0 fully saturated rings. The first-order valence-electron chi connectivity index (χ1n) is 5.91. The van der Waals surface area contributed by atoms with Crippen molar-refractivity contribution in [3.05, 3.63) is 27.7 Å². The molecule has 0 saturated heterocycles. The second kappa shape index (κ2) is 7.45. The number of benzene rings is 1. The first-order valence-corrected chi connectivity index (χ1v) is 8.15. The van der Waals surface area contributed by atoms with E-state index in [2.05, 4.69) is 4.72 Å². The van der Waals surface area contributed by atoms with Crippen LogP contribution in [0.3, 0.4) is 0 Å². The summed E-state index contributed by atoms with van der Waals surface area (Å²) in [4.78, 5) is 0.0486. The Kier molecular flexibility index (Phi) is 6.56. The van der Waals surface area contributed by atoms with E-state index in [9.17, 15) is 8.42 Å². The molecule has 0 atom stereocenters. The molecule has 0 aliphatic heterocycles. The van der Waals surface area contributed by atoms with Crippen LogP contribution in [0.1, 0.15) is 18.9 Å². The smallest absolute Gasteiger partial charge is 0.242 e. The topological polar surface area (TPSA) is 55.4 Å². The van der Waals surface area contributed by atoms with Crippen LogP contribution in [0.5, 0.6) is 0 Å². The molecule has 0 spiro atoms. The maximum Gasteiger partial charge on any atom is 0.242 e. The predicted octanol–water partition coefficient (Wildman–Crippen LogP) is 3.01. The van der Waals surface area contributed by atoms with Crippen molar-refractivity contribution in [1.29, 1.82) is 0 Å². The van der Waals surface area contributed by atoms with E-state index in [4.69, 9.17) is 27.9 Å². The van der Waals surface area contributed by atoms with Crippen molar-refractivity contribution in [2.45, 2.75) is 25.2 Å². The van der Waals surface area contributed by atoms with Gasteiger partial charge >= 0.3 is 0 Å². The molecule has 0 bridgehead atoms. The SMILES string of the molecule is CCOCCCNS(=O)(=O)c1cc(C)c(Cl)cc1Cl. The highest BCUT2D eigenvalue weighted by molar-refractivity contribution is 7.89. The molecule has 0 amide bonds. The van der Waals surface area contributed by atoms with Gasteiger partial charge in [-0.25, -0.2) is 13.1 Å². The van der Waals surface area contributed by atoms with Crippen molar-refractivity contribution in [2.75, 3.05) is 19.8 Å². The van der Waals surface area contributed by atoms with Crippen LogP contribution < -0.4 is 4.72 Å². The standard InChI is InChI=1S/C12H17Cl2NO3S/c1-3-18-6-4-5-15-19(16,17)12-7-9(2)10(13)8-11(12)14/h7-8,15H,3-6H2,1-2H3. The molecule has 0 heterocycles. The van der Waals surface area contributed by atoms with Gasteiger partial charge in [-0.2, -0.15) is 0 Å². The minimum Gasteiger partial charge on any atom is -0.382 e. The fourth-order valence-corrected chi connectivity index (χ4v) is 3.34. The molecule has 0 unspecified atom stereocenters. The van der Waals surface area contributed by atoms with E-state index >= 15 is 0 Å². The van der Waals surface area contributed by atoms with Crippen LogP contribution in [0.25, 0.3) is 0 Å². The molecule has 1 N–H and O–H groups in total. The molecule has 0 aromatic heterocycles. The van der Waals surface area contributed by atoms with Gasteiger partial charge < -0.3 is 4.74 Å². The molecule has 1 aromatic rings. The van der Waals surface area contributed by atoms with Crippen molar-refractivity contribution in [3.8, 4) is 0 Å². The van der Waals surface area contributed by atoms with E-state index in [-0.39, 0.29) is 9.92 Å². The highest BCUT2D eigenvalue weighted by Gasteiger charge is 2.18. The molecule has 0 radical (unpaired) electrons. The predicted molar refractivity (Wildman–Crippen MR) is 77.5 cm³/mol. The van der Waals surface area contributed by atoms with Crippen molar-refractivity contribution in [1.82, 2.24) is 4.72 Å². The van der Waals surface area contributed by atoms with Gasteiger partial charge in [0.2, 0.25) is 10.0 Å². The molecular formula is C12H17Cl2NO3S. The maximum absolute atomic E-state index is 12.1. The number of ether oxygens (including phenoxy) is 1. The third-order valence-electron chi connectivity index (χ3n) is 2.46. The number of halogens is 2. The zero-order valence-corrected chi connectivity index (χ0v) is 13.2. The molecule has 19 heavy (non-hydrogen) atoms. The quantitative estimate of drug-likeness (QED) is 0.784. The molecule has 0 aliphatic rings. The molecule has 0 aliphatic carbocycles. The zero-order valence-electron chi connectivity index (χ0n) is 10.9. The Bertz CT molecular complexity index is 532. The Labute approximate surface area is 124 Å². The normalized spacial score (nSPS) is 11.8. The molecule has 1 aromatic carbocycles. The Morgan fingerprint density at radius 2 is 1.95 bits per heavy atom. The Morgan fingerprint density at radius 3 is 2.58 bits per heavy atom. The van der Waals surface area contributed by atoms with Gasteiger partial charge in [-0.05, 0) is 38.0 Å². The van der Waals surface area contributed by atoms with Crippen molar-refractivity contribution in [2.24, 2.45) is 0 Å². The summed E-state index contributed by atoms with van der Waals surface area (Å²) >= 11 is 11.8. The van der Waals surface area contributed by atoms with Crippen molar-refractivity contribution < 1.29 is 13.2 Å². The van der Waals surface area contributed by atoms with Crippen molar-refractivity contribution >= 4 is 33.2 Å². The third kappa shape index (κ3) is 4.93. The lowest BCUT2D eigenvalue weighted by molar-refractivity contribution is 0.146. The minimum atomic E-state index is -3.61. The first-order chi connectivity index (χ1) is 8.88. The van der Waals surface area contributed by atoms with Crippen LogP contribution in [0, 0.1) is 6.92 Å². The highest BCUT2D eigenvalue weighted by Crippen LogP contribution is 2.27. The highest BCUT2D eigenvalue weighted by atomic mass is 35.5. The van der Waals surface area contributed by atoms with Gasteiger partial charge in [0, 0.05) is 24.8 Å². The van der Waals surface area contributed by atoms with Gasteiger partial charge in [-0.15, -0.1) is 0 Å². The summed E-state index contributed by atoms with van der Waals surface area (Å²) < 4.78 is 31.8. The van der Waals surface area contributed by atoms with E-state index in [0.29, 0.717) is 36.8 Å². The van der Waals surface area contributed by atoms with Gasteiger partial charge in [0.1, 0.15) is 4.90 Å². The zero-order chi connectivity index (χ0) is 14.5. The summed E-state index contributed by atoms with van der Waals surface area (Å²) in [6.45, 7) is 5.06. The fourth-order valence-electron chi connectivity index (χ4n) is 1.44. The minimum absolute atomic E-state index is 0.0486. The monoisotopic (exact) mass is 325 g/mol.